The number of anilines is 1. The van der Waals surface area contributed by atoms with Gasteiger partial charge in [0.15, 0.2) is 0 Å². The van der Waals surface area contributed by atoms with Crippen molar-refractivity contribution in [2.75, 3.05) is 5.32 Å². The molecule has 0 radical (unpaired) electrons. The Kier molecular flexibility index (Phi) is 6.46. The maximum absolute atomic E-state index is 4.21. The van der Waals surface area contributed by atoms with Gasteiger partial charge in [-0.15, -0.1) is 0 Å². The first-order valence-corrected chi connectivity index (χ1v) is 5.08. The van der Waals surface area contributed by atoms with Gasteiger partial charge in [0.05, 0.1) is 0 Å². The Labute approximate surface area is 87.1 Å². The number of rotatable bonds is 3. The molecular weight excluding hydrogens is 172 g/mol. The molecule has 1 N–H and O–H groups in total. The van der Waals surface area contributed by atoms with Gasteiger partial charge in [-0.25, -0.2) is 4.98 Å². The van der Waals surface area contributed by atoms with Crippen LogP contribution in [-0.4, -0.2) is 4.98 Å². The van der Waals surface area contributed by atoms with Crippen LogP contribution in [0.1, 0.15) is 39.2 Å². The lowest BCUT2D eigenvalue weighted by Crippen LogP contribution is -1.98. The number of nitrogens with zero attached hydrogens (tertiary/aromatic N) is 1. The fraction of sp³-hybridized carbons (Fsp3) is 0.417. The summed E-state index contributed by atoms with van der Waals surface area (Å²) < 4.78 is 0. The Balaban J connectivity index is 0.000000791. The van der Waals surface area contributed by atoms with Crippen LogP contribution >= 0.6 is 0 Å². The summed E-state index contributed by atoms with van der Waals surface area (Å²) in [5.41, 5.74) is 1.22. The maximum Gasteiger partial charge on any atom is 0.133 e. The molecule has 0 spiro atoms. The van der Waals surface area contributed by atoms with Crippen LogP contribution < -0.4 is 5.32 Å². The molecule has 0 unspecified atom stereocenters. The quantitative estimate of drug-likeness (QED) is 0.788. The summed E-state index contributed by atoms with van der Waals surface area (Å²) in [4.78, 5) is 4.21. The molecule has 2 nitrogen and oxygen atoms in total. The van der Waals surface area contributed by atoms with Gasteiger partial charge in [0.2, 0.25) is 0 Å². The van der Waals surface area contributed by atoms with E-state index in [0.29, 0.717) is 5.92 Å². The van der Waals surface area contributed by atoms with Gasteiger partial charge in [0.1, 0.15) is 5.82 Å². The highest BCUT2D eigenvalue weighted by molar-refractivity contribution is 5.47. The maximum atomic E-state index is 4.21. The van der Waals surface area contributed by atoms with E-state index < -0.39 is 0 Å². The van der Waals surface area contributed by atoms with Crippen LogP contribution in [0.25, 0.3) is 0 Å². The summed E-state index contributed by atoms with van der Waals surface area (Å²) >= 11 is 0. The highest BCUT2D eigenvalue weighted by Crippen LogP contribution is 2.20. The third kappa shape index (κ3) is 3.60. The molecule has 1 rings (SSSR count). The zero-order valence-electron chi connectivity index (χ0n) is 9.54. The van der Waals surface area contributed by atoms with E-state index in [-0.39, 0.29) is 0 Å². The van der Waals surface area contributed by atoms with Crippen LogP contribution in [0.5, 0.6) is 0 Å². The molecule has 0 aromatic carbocycles. The third-order valence-electron chi connectivity index (χ3n) is 1.70. The van der Waals surface area contributed by atoms with Gasteiger partial charge in [-0.1, -0.05) is 40.3 Å². The van der Waals surface area contributed by atoms with Gasteiger partial charge < -0.3 is 5.32 Å². The molecule has 0 atom stereocenters. The molecule has 14 heavy (non-hydrogen) atoms. The van der Waals surface area contributed by atoms with Crippen molar-refractivity contribution in [2.45, 2.75) is 33.6 Å². The minimum absolute atomic E-state index is 0.487. The van der Waals surface area contributed by atoms with Gasteiger partial charge in [-0.3, -0.25) is 0 Å². The van der Waals surface area contributed by atoms with Crippen molar-refractivity contribution in [1.29, 1.82) is 0 Å². The zero-order chi connectivity index (χ0) is 11.0. The average molecular weight is 192 g/mol. The van der Waals surface area contributed by atoms with Crippen LogP contribution in [0.4, 0.5) is 5.82 Å². The molecule has 1 heterocycles. The lowest BCUT2D eigenvalue weighted by molar-refractivity contribution is 0.861. The second kappa shape index (κ2) is 7.13. The lowest BCUT2D eigenvalue weighted by atomic mass is 10.0. The normalized spacial score (nSPS) is 8.93. The molecule has 0 amide bonds. The Morgan fingerprint density at radius 2 is 2.07 bits per heavy atom. The van der Waals surface area contributed by atoms with Crippen molar-refractivity contribution in [3.8, 4) is 0 Å². The fourth-order valence-corrected chi connectivity index (χ4v) is 1.10. The molecule has 0 saturated heterocycles. The second-order valence-electron chi connectivity index (χ2n) is 2.94. The SMILES string of the molecule is C=CNc1ncccc1C(C)C.CC. The van der Waals surface area contributed by atoms with Gasteiger partial charge in [-0.05, 0) is 23.7 Å². The predicted molar refractivity (Wildman–Crippen MR) is 63.5 cm³/mol. The number of hydrogen-bond donors (Lipinski definition) is 1. The number of nitrogens with one attached hydrogen (secondary N) is 1. The third-order valence-corrected chi connectivity index (χ3v) is 1.70. The minimum atomic E-state index is 0.487. The molecule has 2 heteroatoms. The molecule has 78 valence electrons. The van der Waals surface area contributed by atoms with E-state index in [0.717, 1.165) is 5.82 Å². The molecule has 0 aliphatic carbocycles. The molecule has 0 bridgehead atoms. The summed E-state index contributed by atoms with van der Waals surface area (Å²) in [6, 6.07) is 4.02. The van der Waals surface area contributed by atoms with Crippen LogP contribution in [0, 0.1) is 0 Å². The van der Waals surface area contributed by atoms with E-state index in [1.54, 1.807) is 12.4 Å². The number of pyridine rings is 1. The summed E-state index contributed by atoms with van der Waals surface area (Å²) in [5.74, 6) is 1.39. The number of aromatic nitrogens is 1. The lowest BCUT2D eigenvalue weighted by Gasteiger charge is -2.09. The first kappa shape index (κ1) is 12.7. The van der Waals surface area contributed by atoms with Gasteiger partial charge in [0.25, 0.3) is 0 Å². The highest BCUT2D eigenvalue weighted by atomic mass is 15.0. The van der Waals surface area contributed by atoms with E-state index in [4.69, 9.17) is 0 Å². The van der Waals surface area contributed by atoms with Crippen LogP contribution in [-0.2, 0) is 0 Å². The van der Waals surface area contributed by atoms with Crippen molar-refractivity contribution in [3.63, 3.8) is 0 Å². The fourth-order valence-electron chi connectivity index (χ4n) is 1.10. The number of hydrogen-bond acceptors (Lipinski definition) is 2. The smallest absolute Gasteiger partial charge is 0.133 e. The van der Waals surface area contributed by atoms with Crippen LogP contribution in [0.2, 0.25) is 0 Å². The van der Waals surface area contributed by atoms with Crippen molar-refractivity contribution in [3.05, 3.63) is 36.7 Å². The summed E-state index contributed by atoms with van der Waals surface area (Å²) in [6.07, 6.45) is 3.42. The Bertz CT molecular complexity index is 267. The van der Waals surface area contributed by atoms with E-state index in [1.807, 2.05) is 19.9 Å². The Morgan fingerprint density at radius 1 is 1.43 bits per heavy atom. The van der Waals surface area contributed by atoms with E-state index in [1.165, 1.54) is 5.56 Å². The molecule has 0 saturated carbocycles. The van der Waals surface area contributed by atoms with Crippen LogP contribution in [0.3, 0.4) is 0 Å². The van der Waals surface area contributed by atoms with Gasteiger partial charge >= 0.3 is 0 Å². The van der Waals surface area contributed by atoms with Crippen molar-refractivity contribution in [2.24, 2.45) is 0 Å². The van der Waals surface area contributed by atoms with E-state index in [9.17, 15) is 0 Å². The first-order chi connectivity index (χ1) is 6.75. The van der Waals surface area contributed by atoms with Gasteiger partial charge in [0, 0.05) is 6.20 Å². The molecule has 0 aliphatic rings. The van der Waals surface area contributed by atoms with Crippen LogP contribution in [0.15, 0.2) is 31.1 Å². The van der Waals surface area contributed by atoms with Gasteiger partial charge in [-0.2, -0.15) is 0 Å². The average Bonchev–Trinajstić information content (AvgIpc) is 2.22. The highest BCUT2D eigenvalue weighted by Gasteiger charge is 2.04. The Hall–Kier alpha value is -1.31. The van der Waals surface area contributed by atoms with E-state index >= 15 is 0 Å². The van der Waals surface area contributed by atoms with Crippen molar-refractivity contribution < 1.29 is 0 Å². The summed E-state index contributed by atoms with van der Waals surface area (Å²) in [6.45, 7) is 11.9. The molecular formula is C12H20N2. The predicted octanol–water partition coefficient (Wildman–Crippen LogP) is 3.79. The zero-order valence-corrected chi connectivity index (χ0v) is 9.54. The minimum Gasteiger partial charge on any atom is -0.347 e. The standard InChI is InChI=1S/C10H14N2.C2H6/c1-4-11-10-9(8(2)3)6-5-7-12-10;1-2/h4-8H,1H2,2-3H3,(H,11,12);1-2H3. The van der Waals surface area contributed by atoms with Crippen molar-refractivity contribution in [1.82, 2.24) is 4.98 Å². The van der Waals surface area contributed by atoms with Crippen molar-refractivity contribution >= 4 is 5.82 Å². The molecule has 1 aromatic heterocycles. The largest absolute Gasteiger partial charge is 0.347 e. The second-order valence-corrected chi connectivity index (χ2v) is 2.94. The summed E-state index contributed by atoms with van der Waals surface area (Å²) in [5, 5.41) is 3.01. The van der Waals surface area contributed by atoms with E-state index in [2.05, 4.69) is 36.8 Å². The monoisotopic (exact) mass is 192 g/mol. The Morgan fingerprint density at radius 3 is 2.57 bits per heavy atom. The summed E-state index contributed by atoms with van der Waals surface area (Å²) in [7, 11) is 0. The first-order valence-electron chi connectivity index (χ1n) is 5.08. The molecule has 1 aromatic rings. The molecule has 0 aliphatic heterocycles. The molecule has 0 fully saturated rings. The topological polar surface area (TPSA) is 24.9 Å².